The van der Waals surface area contributed by atoms with E-state index in [4.69, 9.17) is 0 Å². The summed E-state index contributed by atoms with van der Waals surface area (Å²) in [6.45, 7) is 1.61. The van der Waals surface area contributed by atoms with Crippen LogP contribution in [0.2, 0.25) is 0 Å². The average Bonchev–Trinajstić information content (AvgIpc) is 2.79. The number of pyridine rings is 1. The smallest absolute Gasteiger partial charge is 0.277 e. The summed E-state index contributed by atoms with van der Waals surface area (Å²) in [6.07, 6.45) is 2.61. The van der Waals surface area contributed by atoms with Crippen LogP contribution >= 0.6 is 22.6 Å². The van der Waals surface area contributed by atoms with Gasteiger partial charge in [0.05, 0.1) is 0 Å². The Balaban J connectivity index is 1.86. The quantitative estimate of drug-likeness (QED) is 0.768. The van der Waals surface area contributed by atoms with Gasteiger partial charge in [0.1, 0.15) is 5.82 Å². The van der Waals surface area contributed by atoms with Crippen LogP contribution in [0.25, 0.3) is 0 Å². The Morgan fingerprint density at radius 2 is 2.35 bits per heavy atom. The predicted molar refractivity (Wildman–Crippen MR) is 83.5 cm³/mol. The van der Waals surface area contributed by atoms with E-state index >= 15 is 0 Å². The van der Waals surface area contributed by atoms with Crippen LogP contribution < -0.4 is 10.6 Å². The van der Waals surface area contributed by atoms with Gasteiger partial charge in [0.2, 0.25) is 0 Å². The number of anilines is 1. The molecule has 0 radical (unpaired) electrons. The van der Waals surface area contributed by atoms with Crippen LogP contribution in [0.1, 0.15) is 21.7 Å². The first-order valence-electron chi connectivity index (χ1n) is 6.33. The largest absolute Gasteiger partial charge is 0.312 e. The third-order valence-electron chi connectivity index (χ3n) is 3.30. The molecule has 0 atom stereocenters. The Bertz CT molecular complexity index is 650. The molecule has 3 rings (SSSR count). The number of halogens is 1. The highest BCUT2D eigenvalue weighted by molar-refractivity contribution is 14.1. The molecular formula is C13H14IN5O. The summed E-state index contributed by atoms with van der Waals surface area (Å²) in [5.41, 5.74) is 2.60. The lowest BCUT2D eigenvalue weighted by atomic mass is 10.1. The Kier molecular flexibility index (Phi) is 3.70. The standard InChI is InChI=1S/C13H14IN5O/c1-19-10-4-5-15-7-9(10)12(18-19)13(20)17-11-3-2-8(14)6-16-11/h2-3,6,15H,4-5,7H2,1H3,(H,16,17,20). The molecular weight excluding hydrogens is 369 g/mol. The van der Waals surface area contributed by atoms with Crippen molar-refractivity contribution in [3.05, 3.63) is 38.9 Å². The number of hydrogen-bond donors (Lipinski definition) is 2. The molecule has 1 aliphatic heterocycles. The molecule has 0 aliphatic carbocycles. The molecule has 104 valence electrons. The van der Waals surface area contributed by atoms with Gasteiger partial charge in [-0.1, -0.05) is 0 Å². The Morgan fingerprint density at radius 1 is 1.50 bits per heavy atom. The van der Waals surface area contributed by atoms with Crippen LogP contribution in [0.15, 0.2) is 18.3 Å². The van der Waals surface area contributed by atoms with E-state index in [-0.39, 0.29) is 5.91 Å². The van der Waals surface area contributed by atoms with Crippen LogP contribution in [0.4, 0.5) is 5.82 Å². The Labute approximate surface area is 130 Å². The van der Waals surface area contributed by atoms with Crippen molar-refractivity contribution in [3.8, 4) is 0 Å². The summed E-state index contributed by atoms with van der Waals surface area (Å²) in [6, 6.07) is 3.69. The molecule has 0 saturated heterocycles. The second-order valence-electron chi connectivity index (χ2n) is 4.64. The van der Waals surface area contributed by atoms with Gasteiger partial charge in [0, 0.05) is 47.6 Å². The van der Waals surface area contributed by atoms with Gasteiger partial charge >= 0.3 is 0 Å². The number of hydrogen-bond acceptors (Lipinski definition) is 4. The molecule has 3 heterocycles. The molecule has 0 bridgehead atoms. The highest BCUT2D eigenvalue weighted by atomic mass is 127. The highest BCUT2D eigenvalue weighted by Crippen LogP contribution is 2.18. The number of aromatic nitrogens is 3. The van der Waals surface area contributed by atoms with E-state index in [1.807, 2.05) is 13.1 Å². The number of carbonyl (C=O) groups excluding carboxylic acids is 1. The number of aryl methyl sites for hydroxylation is 1. The molecule has 0 unspecified atom stereocenters. The van der Waals surface area contributed by atoms with Crippen LogP contribution in [0.3, 0.4) is 0 Å². The SMILES string of the molecule is Cn1nc(C(=O)Nc2ccc(I)cn2)c2c1CCNC2. The summed E-state index contributed by atoms with van der Waals surface area (Å²) in [4.78, 5) is 16.5. The second-order valence-corrected chi connectivity index (χ2v) is 5.89. The topological polar surface area (TPSA) is 71.8 Å². The van der Waals surface area contributed by atoms with E-state index in [9.17, 15) is 4.79 Å². The molecule has 0 fully saturated rings. The monoisotopic (exact) mass is 383 g/mol. The van der Waals surface area contributed by atoms with Crippen molar-refractivity contribution >= 4 is 34.3 Å². The van der Waals surface area contributed by atoms with Crippen molar-refractivity contribution < 1.29 is 4.79 Å². The predicted octanol–water partition coefficient (Wildman–Crippen LogP) is 1.32. The van der Waals surface area contributed by atoms with Gasteiger partial charge < -0.3 is 10.6 Å². The Morgan fingerprint density at radius 3 is 3.10 bits per heavy atom. The minimum Gasteiger partial charge on any atom is -0.312 e. The summed E-state index contributed by atoms with van der Waals surface area (Å²) >= 11 is 2.17. The van der Waals surface area contributed by atoms with Gasteiger partial charge in [-0.25, -0.2) is 4.98 Å². The fourth-order valence-electron chi connectivity index (χ4n) is 2.33. The lowest BCUT2D eigenvalue weighted by molar-refractivity contribution is 0.102. The number of carbonyl (C=O) groups is 1. The zero-order chi connectivity index (χ0) is 14.1. The molecule has 2 N–H and O–H groups in total. The van der Waals surface area contributed by atoms with Crippen molar-refractivity contribution in [2.75, 3.05) is 11.9 Å². The van der Waals surface area contributed by atoms with Crippen molar-refractivity contribution in [1.29, 1.82) is 0 Å². The zero-order valence-electron chi connectivity index (χ0n) is 11.0. The molecule has 6 nitrogen and oxygen atoms in total. The number of fused-ring (bicyclic) bond motifs is 1. The molecule has 1 aliphatic rings. The normalized spacial score (nSPS) is 13.9. The summed E-state index contributed by atoms with van der Waals surface area (Å²) in [7, 11) is 1.88. The summed E-state index contributed by atoms with van der Waals surface area (Å²) < 4.78 is 2.83. The van der Waals surface area contributed by atoms with Crippen molar-refractivity contribution in [1.82, 2.24) is 20.1 Å². The number of nitrogens with zero attached hydrogens (tertiary/aromatic N) is 3. The third kappa shape index (κ3) is 2.55. The molecule has 2 aromatic heterocycles. The maximum absolute atomic E-state index is 12.3. The first-order valence-corrected chi connectivity index (χ1v) is 7.41. The lowest BCUT2D eigenvalue weighted by Crippen LogP contribution is -2.26. The fraction of sp³-hybridized carbons (Fsp3) is 0.308. The van der Waals surface area contributed by atoms with Crippen LogP contribution in [0.5, 0.6) is 0 Å². The summed E-state index contributed by atoms with van der Waals surface area (Å²) in [5, 5.41) is 10.4. The first-order chi connectivity index (χ1) is 9.65. The highest BCUT2D eigenvalue weighted by Gasteiger charge is 2.23. The molecule has 7 heteroatoms. The number of amides is 1. The van der Waals surface area contributed by atoms with Crippen LogP contribution in [-0.2, 0) is 20.0 Å². The third-order valence-corrected chi connectivity index (χ3v) is 3.94. The molecule has 0 saturated carbocycles. The van der Waals surface area contributed by atoms with E-state index in [1.165, 1.54) is 0 Å². The van der Waals surface area contributed by atoms with Crippen molar-refractivity contribution in [3.63, 3.8) is 0 Å². The van der Waals surface area contributed by atoms with Crippen molar-refractivity contribution in [2.24, 2.45) is 7.05 Å². The van der Waals surface area contributed by atoms with E-state index in [2.05, 4.69) is 43.3 Å². The summed E-state index contributed by atoms with van der Waals surface area (Å²) in [5.74, 6) is 0.331. The van der Waals surface area contributed by atoms with Gasteiger partial charge in [0.15, 0.2) is 5.69 Å². The van der Waals surface area contributed by atoms with E-state index in [1.54, 1.807) is 16.9 Å². The molecule has 2 aromatic rings. The second kappa shape index (κ2) is 5.49. The van der Waals surface area contributed by atoms with E-state index in [0.717, 1.165) is 27.8 Å². The maximum atomic E-state index is 12.3. The lowest BCUT2D eigenvalue weighted by Gasteiger charge is -2.14. The average molecular weight is 383 g/mol. The molecule has 0 spiro atoms. The number of nitrogens with one attached hydrogen (secondary N) is 2. The van der Waals surface area contributed by atoms with Gasteiger partial charge in [-0.2, -0.15) is 5.10 Å². The number of rotatable bonds is 2. The molecule has 0 aromatic carbocycles. The van der Waals surface area contributed by atoms with Gasteiger partial charge in [-0.05, 0) is 34.7 Å². The van der Waals surface area contributed by atoms with Crippen LogP contribution in [0, 0.1) is 3.57 Å². The van der Waals surface area contributed by atoms with Gasteiger partial charge in [-0.15, -0.1) is 0 Å². The van der Waals surface area contributed by atoms with Gasteiger partial charge in [-0.3, -0.25) is 9.48 Å². The Hall–Kier alpha value is -1.48. The van der Waals surface area contributed by atoms with E-state index in [0.29, 0.717) is 18.1 Å². The maximum Gasteiger partial charge on any atom is 0.277 e. The fourth-order valence-corrected chi connectivity index (χ4v) is 2.65. The molecule has 1 amide bonds. The minimum absolute atomic E-state index is 0.209. The van der Waals surface area contributed by atoms with E-state index < -0.39 is 0 Å². The van der Waals surface area contributed by atoms with Crippen LogP contribution in [-0.4, -0.2) is 27.2 Å². The zero-order valence-corrected chi connectivity index (χ0v) is 13.1. The minimum atomic E-state index is -0.209. The molecule has 20 heavy (non-hydrogen) atoms. The van der Waals surface area contributed by atoms with Gasteiger partial charge in [0.25, 0.3) is 5.91 Å². The first kappa shape index (κ1) is 13.5. The van der Waals surface area contributed by atoms with Crippen molar-refractivity contribution in [2.45, 2.75) is 13.0 Å².